The third-order valence-electron chi connectivity index (χ3n) is 5.73. The van der Waals surface area contributed by atoms with Crippen molar-refractivity contribution in [3.05, 3.63) is 51.5 Å². The summed E-state index contributed by atoms with van der Waals surface area (Å²) in [7, 11) is 0. The highest BCUT2D eigenvalue weighted by Gasteiger charge is 2.43. The Kier molecular flexibility index (Phi) is 4.16. The number of urea groups is 1. The molecule has 0 saturated carbocycles. The number of rotatable bonds is 3. The van der Waals surface area contributed by atoms with E-state index in [1.807, 2.05) is 13.1 Å². The lowest BCUT2D eigenvalue weighted by molar-refractivity contribution is -0.132. The van der Waals surface area contributed by atoms with Crippen molar-refractivity contribution in [1.82, 2.24) is 14.8 Å². The molecule has 2 bridgehead atoms. The number of likely N-dealkylation sites (tertiary alicyclic amines) is 1. The van der Waals surface area contributed by atoms with E-state index in [-0.39, 0.29) is 36.3 Å². The minimum atomic E-state index is -0.994. The molecule has 2 aliphatic heterocycles. The van der Waals surface area contributed by atoms with Crippen molar-refractivity contribution < 1.29 is 18.4 Å². The first-order valence-electron chi connectivity index (χ1n) is 9.37. The zero-order valence-corrected chi connectivity index (χ0v) is 16.4. The number of hydrogen-bond donors (Lipinski definition) is 1. The van der Waals surface area contributed by atoms with Crippen LogP contribution in [-0.2, 0) is 11.3 Å². The number of halogens is 2. The van der Waals surface area contributed by atoms with Crippen molar-refractivity contribution in [2.45, 2.75) is 25.9 Å². The highest BCUT2D eigenvalue weighted by atomic mass is 32.1. The number of thiazole rings is 1. The molecule has 2 aromatic rings. The van der Waals surface area contributed by atoms with E-state index in [0.29, 0.717) is 12.5 Å². The summed E-state index contributed by atoms with van der Waals surface area (Å²) in [5, 5.41) is 3.51. The Balaban J connectivity index is 1.33. The molecule has 1 aliphatic carbocycles. The second kappa shape index (κ2) is 6.62. The lowest BCUT2D eigenvalue weighted by atomic mass is 10.1. The van der Waals surface area contributed by atoms with Gasteiger partial charge in [0.05, 0.1) is 28.2 Å². The van der Waals surface area contributed by atoms with Crippen LogP contribution in [0.1, 0.15) is 21.9 Å². The van der Waals surface area contributed by atoms with Crippen molar-refractivity contribution in [2.75, 3.05) is 18.4 Å². The molecule has 1 saturated heterocycles. The molecule has 0 radical (unpaired) electrons. The average Bonchev–Trinajstić information content (AvgIpc) is 3.41. The number of aryl methyl sites for hydroxylation is 1. The molecule has 9 heteroatoms. The smallest absolute Gasteiger partial charge is 0.322 e. The van der Waals surface area contributed by atoms with Crippen molar-refractivity contribution in [2.24, 2.45) is 5.92 Å². The topological polar surface area (TPSA) is 65.5 Å². The van der Waals surface area contributed by atoms with Crippen molar-refractivity contribution in [3.8, 4) is 0 Å². The maximum atomic E-state index is 14.1. The number of aromatic nitrogens is 1. The molecular weight excluding hydrogens is 398 g/mol. The molecule has 29 heavy (non-hydrogen) atoms. The van der Waals surface area contributed by atoms with Gasteiger partial charge in [0.2, 0.25) is 5.91 Å². The Labute approximate surface area is 169 Å². The van der Waals surface area contributed by atoms with E-state index in [4.69, 9.17) is 0 Å². The van der Waals surface area contributed by atoms with Crippen LogP contribution >= 0.6 is 11.3 Å². The number of carbonyl (C=O) groups is 2. The molecule has 0 spiro atoms. The van der Waals surface area contributed by atoms with E-state index in [9.17, 15) is 18.4 Å². The maximum Gasteiger partial charge on any atom is 0.322 e. The van der Waals surface area contributed by atoms with E-state index >= 15 is 0 Å². The first-order valence-corrected chi connectivity index (χ1v) is 10.2. The summed E-state index contributed by atoms with van der Waals surface area (Å²) in [6.45, 7) is 2.23. The van der Waals surface area contributed by atoms with Crippen LogP contribution < -0.4 is 5.32 Å². The first kappa shape index (κ1) is 18.2. The monoisotopic (exact) mass is 416 g/mol. The fourth-order valence-electron chi connectivity index (χ4n) is 4.37. The van der Waals surface area contributed by atoms with Gasteiger partial charge in [0.1, 0.15) is 6.54 Å². The van der Waals surface area contributed by atoms with Crippen LogP contribution in [0.25, 0.3) is 5.57 Å². The largest absolute Gasteiger partial charge is 0.333 e. The molecule has 150 valence electrons. The Morgan fingerprint density at radius 2 is 2.21 bits per heavy atom. The van der Waals surface area contributed by atoms with E-state index < -0.39 is 17.7 Å². The van der Waals surface area contributed by atoms with Crippen LogP contribution in [0, 0.1) is 24.5 Å². The summed E-state index contributed by atoms with van der Waals surface area (Å²) < 4.78 is 27.7. The summed E-state index contributed by atoms with van der Waals surface area (Å²) in [5.74, 6) is -1.87. The third-order valence-corrected chi connectivity index (χ3v) is 6.70. The molecule has 1 aromatic carbocycles. The predicted octanol–water partition coefficient (Wildman–Crippen LogP) is 3.39. The molecule has 2 atom stereocenters. The molecule has 6 nitrogen and oxygen atoms in total. The van der Waals surface area contributed by atoms with Gasteiger partial charge in [0.25, 0.3) is 0 Å². The second-order valence-corrected chi connectivity index (χ2v) is 8.83. The molecule has 1 aromatic heterocycles. The van der Waals surface area contributed by atoms with Gasteiger partial charge in [-0.05, 0) is 37.0 Å². The number of benzene rings is 1. The van der Waals surface area contributed by atoms with Crippen molar-refractivity contribution in [3.63, 3.8) is 0 Å². The number of carbonyl (C=O) groups excluding carboxylic acids is 2. The molecular formula is C20H18F2N4O2S. The number of hydrogen-bond acceptors (Lipinski definition) is 4. The third kappa shape index (κ3) is 3.00. The summed E-state index contributed by atoms with van der Waals surface area (Å²) in [5.41, 5.74) is 1.41. The van der Waals surface area contributed by atoms with Gasteiger partial charge in [-0.1, -0.05) is 6.08 Å². The van der Waals surface area contributed by atoms with Crippen LogP contribution in [0.3, 0.4) is 0 Å². The van der Waals surface area contributed by atoms with Crippen LogP contribution in [0.5, 0.6) is 0 Å². The Hall–Kier alpha value is -2.81. The lowest BCUT2D eigenvalue weighted by Crippen LogP contribution is -2.48. The van der Waals surface area contributed by atoms with E-state index in [0.717, 1.165) is 27.9 Å². The van der Waals surface area contributed by atoms with E-state index in [1.54, 1.807) is 16.2 Å². The Morgan fingerprint density at radius 1 is 1.38 bits per heavy atom. The number of nitrogens with zero attached hydrogens (tertiary/aromatic N) is 3. The minimum absolute atomic E-state index is 0.0262. The number of nitrogens with one attached hydrogen (secondary N) is 1. The van der Waals surface area contributed by atoms with Gasteiger partial charge in [-0.3, -0.25) is 4.79 Å². The number of fused-ring (bicyclic) bond motifs is 3. The minimum Gasteiger partial charge on any atom is -0.333 e. The average molecular weight is 416 g/mol. The van der Waals surface area contributed by atoms with Gasteiger partial charge < -0.3 is 15.1 Å². The van der Waals surface area contributed by atoms with Gasteiger partial charge in [-0.15, -0.1) is 11.3 Å². The van der Waals surface area contributed by atoms with Crippen LogP contribution in [0.2, 0.25) is 0 Å². The molecule has 3 amide bonds. The van der Waals surface area contributed by atoms with Crippen molar-refractivity contribution >= 4 is 34.5 Å². The summed E-state index contributed by atoms with van der Waals surface area (Å²) in [4.78, 5) is 33.7. The fraction of sp³-hybridized carbons (Fsp3) is 0.350. The normalized spacial score (nSPS) is 22.6. The van der Waals surface area contributed by atoms with Crippen LogP contribution in [-0.4, -0.2) is 45.9 Å². The van der Waals surface area contributed by atoms with E-state index in [1.165, 1.54) is 11.0 Å². The molecule has 1 N–H and O–H groups in total. The Bertz CT molecular complexity index is 1070. The predicted molar refractivity (Wildman–Crippen MR) is 104 cm³/mol. The summed E-state index contributed by atoms with van der Waals surface area (Å²) in [6, 6.07) is 1.79. The first-order chi connectivity index (χ1) is 13.9. The van der Waals surface area contributed by atoms with Gasteiger partial charge in [-0.2, -0.15) is 0 Å². The fourth-order valence-corrected chi connectivity index (χ4v) is 5.22. The highest BCUT2D eigenvalue weighted by molar-refractivity contribution is 7.12. The van der Waals surface area contributed by atoms with Gasteiger partial charge in [-0.25, -0.2) is 18.6 Å². The lowest BCUT2D eigenvalue weighted by Gasteiger charge is -2.33. The molecule has 5 rings (SSSR count). The second-order valence-electron chi connectivity index (χ2n) is 7.60. The number of amides is 3. The summed E-state index contributed by atoms with van der Waals surface area (Å²) in [6.07, 6.45) is 4.91. The van der Waals surface area contributed by atoms with Crippen molar-refractivity contribution in [1.29, 1.82) is 0 Å². The Morgan fingerprint density at radius 3 is 2.93 bits per heavy atom. The van der Waals surface area contributed by atoms with Gasteiger partial charge in [0, 0.05) is 18.3 Å². The zero-order chi connectivity index (χ0) is 20.3. The van der Waals surface area contributed by atoms with Crippen LogP contribution in [0.4, 0.5) is 19.3 Å². The maximum absolute atomic E-state index is 14.1. The number of anilines is 1. The summed E-state index contributed by atoms with van der Waals surface area (Å²) >= 11 is 1.60. The highest BCUT2D eigenvalue weighted by Crippen LogP contribution is 2.43. The van der Waals surface area contributed by atoms with Gasteiger partial charge in [0.15, 0.2) is 11.6 Å². The SMILES string of the molecule is Cc1ncc(C2=C[C@@H]3C[C@H]2N(C(=O)CN2Cc4c(ccc(F)c4F)NC2=O)C3)s1. The standard InChI is InChI=1S/C20H18F2N4O2S/c1-10-23-6-17(29-10)12-4-11-5-16(12)26(7-11)18(27)9-25-8-13-15(24-20(25)28)3-2-14(21)19(13)22/h2-4,6,11,16H,5,7-9H2,1H3,(H,24,28)/t11-,16-/m1/s1. The molecule has 3 aliphatic rings. The van der Waals surface area contributed by atoms with Crippen LogP contribution in [0.15, 0.2) is 24.4 Å². The molecule has 0 unspecified atom stereocenters. The quantitative estimate of drug-likeness (QED) is 0.834. The molecule has 1 fully saturated rings. The van der Waals surface area contributed by atoms with Gasteiger partial charge >= 0.3 is 6.03 Å². The van der Waals surface area contributed by atoms with E-state index in [2.05, 4.69) is 16.4 Å². The molecule has 3 heterocycles. The zero-order valence-electron chi connectivity index (χ0n) is 15.6.